The van der Waals surface area contributed by atoms with Crippen molar-refractivity contribution >= 4 is 12.1 Å². The second-order valence-corrected chi connectivity index (χ2v) is 11.2. The van der Waals surface area contributed by atoms with Crippen LogP contribution >= 0.6 is 0 Å². The molecule has 2 aliphatic heterocycles. The highest BCUT2D eigenvalue weighted by atomic mass is 16.6. The smallest absolute Gasteiger partial charge is 0.407 e. The molecular weight excluding hydrogens is 450 g/mol. The fraction of sp³-hybridized carbons (Fsp3) is 0.852. The summed E-state index contributed by atoms with van der Waals surface area (Å²) in [6.07, 6.45) is 7.14. The molecular formula is C27H43NO7. The van der Waals surface area contributed by atoms with Crippen LogP contribution in [0.25, 0.3) is 0 Å². The number of methoxy groups -OCH3 is 1. The number of ether oxygens (including phenoxy) is 5. The molecule has 4 fully saturated rings. The van der Waals surface area contributed by atoms with Gasteiger partial charge in [0.2, 0.25) is 0 Å². The highest BCUT2D eigenvalue weighted by Gasteiger charge is 2.72. The van der Waals surface area contributed by atoms with Crippen molar-refractivity contribution in [1.29, 1.82) is 0 Å². The summed E-state index contributed by atoms with van der Waals surface area (Å²) in [5.41, 5.74) is 0.696. The Morgan fingerprint density at radius 3 is 2.46 bits per heavy atom. The largest absolute Gasteiger partial charge is 0.466 e. The minimum absolute atomic E-state index is 0.0108. The van der Waals surface area contributed by atoms with Gasteiger partial charge in [0.1, 0.15) is 23.4 Å². The molecule has 4 aliphatic rings. The molecule has 0 radical (unpaired) electrons. The van der Waals surface area contributed by atoms with Crippen LogP contribution < -0.4 is 5.32 Å². The zero-order chi connectivity index (χ0) is 25.2. The van der Waals surface area contributed by atoms with E-state index in [-0.39, 0.29) is 47.3 Å². The van der Waals surface area contributed by atoms with Crippen molar-refractivity contribution in [1.82, 2.24) is 5.32 Å². The Morgan fingerprint density at radius 1 is 1.14 bits per heavy atom. The number of carbonyl (C=O) groups is 2. The number of hydrogen-bond donors (Lipinski definition) is 1. The molecule has 1 N–H and O–H groups in total. The highest BCUT2D eigenvalue weighted by molar-refractivity contribution is 5.72. The van der Waals surface area contributed by atoms with Gasteiger partial charge in [-0.3, -0.25) is 4.79 Å². The molecule has 0 aromatic rings. The van der Waals surface area contributed by atoms with Crippen molar-refractivity contribution in [2.45, 2.75) is 102 Å². The number of carbonyl (C=O) groups excluding carboxylic acids is 2. The van der Waals surface area contributed by atoms with Gasteiger partial charge in [-0.25, -0.2) is 4.79 Å². The standard InChI is InChI=1S/C27H43NO7/c1-6-32-24(29)19-10-8-18(9-11-19)15-28-25(30)34-20-13-14-27(16-33-27)23(22(20)31-5)26(4)21(35-26)12-7-17(2)3/h7,18-23H,6,8-16H2,1-5H3,(H,28,30)/t18?,19?,20-,21-,22-,23-,26?,27+/m1/s1. The normalized spacial score (nSPS) is 40.0. The molecule has 2 saturated heterocycles. The van der Waals surface area contributed by atoms with Crippen LogP contribution in [-0.2, 0) is 28.5 Å². The molecule has 8 nitrogen and oxygen atoms in total. The van der Waals surface area contributed by atoms with Crippen LogP contribution in [0.3, 0.4) is 0 Å². The van der Waals surface area contributed by atoms with Gasteiger partial charge >= 0.3 is 12.1 Å². The van der Waals surface area contributed by atoms with Crippen LogP contribution in [-0.4, -0.2) is 68.4 Å². The minimum Gasteiger partial charge on any atom is -0.466 e. The zero-order valence-corrected chi connectivity index (χ0v) is 22.0. The summed E-state index contributed by atoms with van der Waals surface area (Å²) >= 11 is 0. The van der Waals surface area contributed by atoms with Crippen molar-refractivity contribution in [3.8, 4) is 0 Å². The van der Waals surface area contributed by atoms with E-state index in [1.54, 1.807) is 7.11 Å². The van der Waals surface area contributed by atoms with Crippen molar-refractivity contribution < 1.29 is 33.3 Å². The summed E-state index contributed by atoms with van der Waals surface area (Å²) < 4.78 is 29.2. The Hall–Kier alpha value is -1.64. The summed E-state index contributed by atoms with van der Waals surface area (Å²) in [5, 5.41) is 2.96. The van der Waals surface area contributed by atoms with Crippen LogP contribution in [0, 0.1) is 17.8 Å². The van der Waals surface area contributed by atoms with Crippen molar-refractivity contribution in [3.05, 3.63) is 11.6 Å². The number of epoxide rings is 2. The average Bonchev–Trinajstić information content (AvgIpc) is 3.75. The molecule has 6 atom stereocenters. The molecule has 2 aliphatic carbocycles. The summed E-state index contributed by atoms with van der Waals surface area (Å²) in [6.45, 7) is 9.86. The van der Waals surface area contributed by atoms with Gasteiger partial charge in [-0.15, -0.1) is 0 Å². The first-order chi connectivity index (χ1) is 16.7. The van der Waals surface area contributed by atoms with E-state index in [0.717, 1.165) is 38.5 Å². The summed E-state index contributed by atoms with van der Waals surface area (Å²) in [4.78, 5) is 24.7. The molecule has 8 heteroatoms. The number of nitrogens with one attached hydrogen (secondary N) is 1. The molecule has 198 valence electrons. The third-order valence-electron chi connectivity index (χ3n) is 8.50. The Labute approximate surface area is 209 Å². The topological polar surface area (TPSA) is 98.9 Å². The lowest BCUT2D eigenvalue weighted by Gasteiger charge is -2.42. The minimum atomic E-state index is -0.404. The van der Waals surface area contributed by atoms with E-state index in [0.29, 0.717) is 32.1 Å². The molecule has 1 amide bonds. The lowest BCUT2D eigenvalue weighted by Crippen LogP contribution is -2.56. The predicted octanol–water partition coefficient (Wildman–Crippen LogP) is 4.16. The van der Waals surface area contributed by atoms with Crippen LogP contribution in [0.4, 0.5) is 4.79 Å². The first kappa shape index (κ1) is 26.4. The number of rotatable bonds is 9. The van der Waals surface area contributed by atoms with E-state index in [4.69, 9.17) is 23.7 Å². The molecule has 0 bridgehead atoms. The number of allylic oxidation sites excluding steroid dienone is 1. The number of hydrogen-bond acceptors (Lipinski definition) is 7. The Bertz CT molecular complexity index is 797. The van der Waals surface area contributed by atoms with Gasteiger partial charge in [-0.1, -0.05) is 11.6 Å². The van der Waals surface area contributed by atoms with Gasteiger partial charge in [0.05, 0.1) is 31.2 Å². The second-order valence-electron chi connectivity index (χ2n) is 11.2. The van der Waals surface area contributed by atoms with Gasteiger partial charge in [-0.2, -0.15) is 0 Å². The van der Waals surface area contributed by atoms with Crippen molar-refractivity contribution in [3.63, 3.8) is 0 Å². The van der Waals surface area contributed by atoms with E-state index < -0.39 is 6.09 Å². The SMILES string of the molecule is CCOC(=O)C1CCC(CNC(=O)O[C@@H]2CC[C@]3(CO3)[C@@H](C3(C)O[C@@H]3CC=C(C)C)[C@@H]2OC)CC1. The zero-order valence-electron chi connectivity index (χ0n) is 22.0. The van der Waals surface area contributed by atoms with E-state index in [9.17, 15) is 9.59 Å². The molecule has 4 rings (SSSR count). The van der Waals surface area contributed by atoms with E-state index >= 15 is 0 Å². The summed E-state index contributed by atoms with van der Waals surface area (Å²) in [7, 11) is 1.69. The van der Waals surface area contributed by atoms with E-state index in [1.165, 1.54) is 5.57 Å². The van der Waals surface area contributed by atoms with Crippen LogP contribution in [0.2, 0.25) is 0 Å². The molecule has 0 aromatic heterocycles. The lowest BCUT2D eigenvalue weighted by atomic mass is 9.68. The van der Waals surface area contributed by atoms with Crippen LogP contribution in [0.5, 0.6) is 0 Å². The molecule has 2 heterocycles. The van der Waals surface area contributed by atoms with Gasteiger partial charge < -0.3 is 29.0 Å². The Balaban J connectivity index is 1.29. The Morgan fingerprint density at radius 2 is 1.86 bits per heavy atom. The maximum atomic E-state index is 12.7. The van der Waals surface area contributed by atoms with Gasteiger partial charge in [0, 0.05) is 13.7 Å². The second kappa shape index (κ2) is 10.8. The third-order valence-corrected chi connectivity index (χ3v) is 8.50. The summed E-state index contributed by atoms with van der Waals surface area (Å²) in [6, 6.07) is 0. The fourth-order valence-corrected chi connectivity index (χ4v) is 6.34. The average molecular weight is 494 g/mol. The van der Waals surface area contributed by atoms with E-state index in [1.807, 2.05) is 6.92 Å². The van der Waals surface area contributed by atoms with Crippen LogP contribution in [0.1, 0.15) is 72.6 Å². The molecule has 1 spiro atoms. The summed E-state index contributed by atoms with van der Waals surface area (Å²) in [5.74, 6) is 0.261. The molecule has 0 aromatic carbocycles. The lowest BCUT2D eigenvalue weighted by molar-refractivity contribution is -0.149. The van der Waals surface area contributed by atoms with Crippen molar-refractivity contribution in [2.75, 3.05) is 26.9 Å². The number of amides is 1. The maximum absolute atomic E-state index is 12.7. The van der Waals surface area contributed by atoms with Gasteiger partial charge in [0.15, 0.2) is 0 Å². The van der Waals surface area contributed by atoms with E-state index in [2.05, 4.69) is 32.2 Å². The van der Waals surface area contributed by atoms with Crippen molar-refractivity contribution in [2.24, 2.45) is 17.8 Å². The fourth-order valence-electron chi connectivity index (χ4n) is 6.34. The first-order valence-corrected chi connectivity index (χ1v) is 13.3. The van der Waals surface area contributed by atoms with Gasteiger partial charge in [0.25, 0.3) is 0 Å². The first-order valence-electron chi connectivity index (χ1n) is 13.3. The quantitative estimate of drug-likeness (QED) is 0.292. The number of alkyl carbamates (subject to hydrolysis) is 1. The highest BCUT2D eigenvalue weighted by Crippen LogP contribution is 2.59. The third kappa shape index (κ3) is 5.86. The maximum Gasteiger partial charge on any atom is 0.407 e. The van der Waals surface area contributed by atoms with Gasteiger partial charge in [-0.05, 0) is 78.6 Å². The molecule has 35 heavy (non-hydrogen) atoms. The van der Waals surface area contributed by atoms with Crippen LogP contribution in [0.15, 0.2) is 11.6 Å². The number of esters is 1. The molecule has 1 unspecified atom stereocenters. The molecule has 2 saturated carbocycles. The monoisotopic (exact) mass is 493 g/mol. The Kier molecular flexibility index (Phi) is 8.13. The predicted molar refractivity (Wildman–Crippen MR) is 130 cm³/mol.